The molecule has 0 fully saturated rings. The van der Waals surface area contributed by atoms with Crippen LogP contribution in [0.15, 0.2) is 75.1 Å². The van der Waals surface area contributed by atoms with E-state index >= 15 is 0 Å². The Balaban J connectivity index is 1.53. The van der Waals surface area contributed by atoms with Crippen LogP contribution in [0.3, 0.4) is 0 Å². The number of anilines is 2. The molecule has 4 aromatic rings. The molecular weight excluding hydrogens is 544 g/mol. The Kier molecular flexibility index (Phi) is 8.74. The minimum absolute atomic E-state index is 0.0377. The van der Waals surface area contributed by atoms with E-state index in [4.69, 9.17) is 9.47 Å². The average molecular weight is 577 g/mol. The number of esters is 1. The van der Waals surface area contributed by atoms with Gasteiger partial charge in [-0.25, -0.2) is 8.42 Å². The normalized spacial score (nSPS) is 12.2. The van der Waals surface area contributed by atoms with Crippen molar-refractivity contribution in [2.24, 2.45) is 0 Å². The lowest BCUT2D eigenvalue weighted by molar-refractivity contribution is -0.142. The molecule has 9 nitrogen and oxygen atoms in total. The van der Waals surface area contributed by atoms with Crippen LogP contribution in [0.5, 0.6) is 5.75 Å². The fraction of sp³-hybridized carbons (Fsp3) is 0.258. The molecule has 1 atom stereocenters. The molecule has 0 heterocycles. The molecule has 4 rings (SSSR count). The number of rotatable bonds is 11. The van der Waals surface area contributed by atoms with Crippen LogP contribution in [-0.2, 0) is 26.0 Å². The lowest BCUT2D eigenvalue weighted by Crippen LogP contribution is -2.43. The molecule has 0 aromatic heterocycles. The molecule has 0 aliphatic heterocycles. The summed E-state index contributed by atoms with van der Waals surface area (Å²) in [5.41, 5.74) is 4.05. The minimum atomic E-state index is -4.01. The van der Waals surface area contributed by atoms with Crippen molar-refractivity contribution in [3.63, 3.8) is 0 Å². The monoisotopic (exact) mass is 576 g/mol. The van der Waals surface area contributed by atoms with Crippen molar-refractivity contribution in [1.82, 2.24) is 4.72 Å². The number of carbonyl (C=O) groups is 1. The molecule has 0 amide bonds. The van der Waals surface area contributed by atoms with Gasteiger partial charge >= 0.3 is 5.97 Å². The second-order valence-corrected chi connectivity index (χ2v) is 11.5. The van der Waals surface area contributed by atoms with Gasteiger partial charge in [0.25, 0.3) is 10.9 Å². The molecule has 0 aliphatic rings. The summed E-state index contributed by atoms with van der Waals surface area (Å²) in [7, 11) is -2.79. The second-order valence-electron chi connectivity index (χ2n) is 9.83. The van der Waals surface area contributed by atoms with Crippen molar-refractivity contribution in [3.05, 3.63) is 103 Å². The highest BCUT2D eigenvalue weighted by atomic mass is 32.2. The molecule has 10 heteroatoms. The maximum Gasteiger partial charge on any atom is 0.324 e. The average Bonchev–Trinajstić information content (AvgIpc) is 2.93. The van der Waals surface area contributed by atoms with Crippen molar-refractivity contribution < 1.29 is 22.7 Å². The minimum Gasteiger partial charge on any atom is -0.488 e. The predicted molar refractivity (Wildman–Crippen MR) is 158 cm³/mol. The van der Waals surface area contributed by atoms with E-state index in [1.807, 2.05) is 49.4 Å². The van der Waals surface area contributed by atoms with Gasteiger partial charge in [-0.15, -0.1) is 0 Å². The quantitative estimate of drug-likeness (QED) is 0.202. The Labute approximate surface area is 238 Å². The number of hydrogen-bond acceptors (Lipinski definition) is 8. The van der Waals surface area contributed by atoms with Crippen LogP contribution in [0.25, 0.3) is 11.1 Å². The predicted octanol–water partition coefficient (Wildman–Crippen LogP) is 4.08. The standard InChI is InChI=1S/C31H32N2O7S/c1-6-40-29-26(27(34)28(29)35)32-24-9-7-8-23(17-24)22-12-10-21(11-13-22)16-25(31(36)39-5)33-41(37,38)30-19(3)14-18(2)15-20(30)4/h7-15,17,25,32-33H,6,16H2,1-5H3. The highest BCUT2D eigenvalue weighted by Crippen LogP contribution is 2.28. The van der Waals surface area contributed by atoms with Gasteiger partial charge in [0.15, 0.2) is 5.75 Å². The van der Waals surface area contributed by atoms with Gasteiger partial charge in [0.1, 0.15) is 11.7 Å². The van der Waals surface area contributed by atoms with Crippen molar-refractivity contribution in [2.45, 2.75) is 45.1 Å². The first-order valence-corrected chi connectivity index (χ1v) is 14.5. The maximum atomic E-state index is 13.3. The summed E-state index contributed by atoms with van der Waals surface area (Å²) in [5, 5.41) is 2.97. The van der Waals surface area contributed by atoms with E-state index in [1.54, 1.807) is 39.0 Å². The number of sulfonamides is 1. The fourth-order valence-electron chi connectivity index (χ4n) is 4.91. The topological polar surface area (TPSA) is 128 Å². The fourth-order valence-corrected chi connectivity index (χ4v) is 6.55. The Morgan fingerprint density at radius 1 is 0.902 bits per heavy atom. The van der Waals surface area contributed by atoms with Crippen molar-refractivity contribution in [1.29, 1.82) is 0 Å². The molecule has 214 valence electrons. The van der Waals surface area contributed by atoms with E-state index in [0.717, 1.165) is 22.3 Å². The van der Waals surface area contributed by atoms with Crippen molar-refractivity contribution in [3.8, 4) is 16.9 Å². The number of ether oxygens (including phenoxy) is 2. The lowest BCUT2D eigenvalue weighted by Gasteiger charge is -2.19. The van der Waals surface area contributed by atoms with E-state index in [-0.39, 0.29) is 29.4 Å². The summed E-state index contributed by atoms with van der Waals surface area (Å²) in [4.78, 5) is 36.5. The van der Waals surface area contributed by atoms with Crippen LogP contribution in [-0.4, -0.2) is 34.1 Å². The van der Waals surface area contributed by atoms with E-state index in [0.29, 0.717) is 16.8 Å². The first-order valence-electron chi connectivity index (χ1n) is 13.1. The number of carbonyl (C=O) groups excluding carboxylic acids is 1. The summed E-state index contributed by atoms with van der Waals surface area (Å²) in [6.45, 7) is 7.35. The summed E-state index contributed by atoms with van der Waals surface area (Å²) < 4.78 is 39.3. The molecule has 0 aliphatic carbocycles. The highest BCUT2D eigenvalue weighted by Gasteiger charge is 2.29. The zero-order chi connectivity index (χ0) is 29.9. The Morgan fingerprint density at radius 3 is 2.17 bits per heavy atom. The van der Waals surface area contributed by atoms with E-state index < -0.39 is 32.9 Å². The van der Waals surface area contributed by atoms with Gasteiger partial charge in [-0.05, 0) is 74.1 Å². The molecule has 4 aromatic carbocycles. The van der Waals surface area contributed by atoms with E-state index in [2.05, 4.69) is 10.0 Å². The summed E-state index contributed by atoms with van der Waals surface area (Å²) >= 11 is 0. The van der Waals surface area contributed by atoms with E-state index in [9.17, 15) is 22.8 Å². The summed E-state index contributed by atoms with van der Waals surface area (Å²) in [6.07, 6.45) is 0.0856. The largest absolute Gasteiger partial charge is 0.488 e. The van der Waals surface area contributed by atoms with Crippen LogP contribution in [0, 0.1) is 20.8 Å². The third-order valence-corrected chi connectivity index (χ3v) is 8.45. The van der Waals surface area contributed by atoms with Crippen LogP contribution >= 0.6 is 0 Å². The number of methoxy groups -OCH3 is 1. The first kappa shape index (κ1) is 29.7. The van der Waals surface area contributed by atoms with Gasteiger partial charge < -0.3 is 14.8 Å². The molecule has 41 heavy (non-hydrogen) atoms. The number of aryl methyl sites for hydroxylation is 3. The lowest BCUT2D eigenvalue weighted by atomic mass is 10.0. The summed E-state index contributed by atoms with van der Waals surface area (Å²) in [5.74, 6) is -0.653. The SMILES string of the molecule is CCOc1c(Nc2cccc(-c3ccc(CC(NS(=O)(=O)c4c(C)cc(C)cc4C)C(=O)OC)cc3)c2)c(=O)c1=O. The van der Waals surface area contributed by atoms with Crippen molar-refractivity contribution >= 4 is 27.4 Å². The Morgan fingerprint density at radius 2 is 1.56 bits per heavy atom. The van der Waals surface area contributed by atoms with Crippen molar-refractivity contribution in [2.75, 3.05) is 19.0 Å². The second kappa shape index (κ2) is 12.1. The molecule has 1 unspecified atom stereocenters. The molecule has 0 spiro atoms. The third-order valence-electron chi connectivity index (χ3n) is 6.67. The van der Waals surface area contributed by atoms with Gasteiger partial charge in [-0.1, -0.05) is 54.1 Å². The molecule has 0 saturated carbocycles. The molecule has 2 N–H and O–H groups in total. The molecule has 0 saturated heterocycles. The number of hydrogen-bond donors (Lipinski definition) is 2. The van der Waals surface area contributed by atoms with Gasteiger partial charge in [0.2, 0.25) is 10.0 Å². The molecule has 0 bridgehead atoms. The van der Waals surface area contributed by atoms with Gasteiger partial charge in [-0.2, -0.15) is 4.72 Å². The number of benzene rings is 3. The van der Waals surface area contributed by atoms with Crippen LogP contribution in [0.2, 0.25) is 0 Å². The van der Waals surface area contributed by atoms with Crippen LogP contribution in [0.4, 0.5) is 11.4 Å². The first-order chi connectivity index (χ1) is 19.4. The van der Waals surface area contributed by atoms with Crippen LogP contribution < -0.4 is 25.6 Å². The van der Waals surface area contributed by atoms with E-state index in [1.165, 1.54) is 7.11 Å². The molecular formula is C31H32N2O7S. The third kappa shape index (κ3) is 6.39. The smallest absolute Gasteiger partial charge is 0.324 e. The Bertz CT molecular complexity index is 1750. The van der Waals surface area contributed by atoms with Gasteiger partial charge in [0, 0.05) is 5.69 Å². The zero-order valence-electron chi connectivity index (χ0n) is 23.5. The van der Waals surface area contributed by atoms with Gasteiger partial charge in [-0.3, -0.25) is 14.4 Å². The van der Waals surface area contributed by atoms with Crippen LogP contribution in [0.1, 0.15) is 29.2 Å². The van der Waals surface area contributed by atoms with Gasteiger partial charge in [0.05, 0.1) is 18.6 Å². The summed E-state index contributed by atoms with van der Waals surface area (Å²) in [6, 6.07) is 17.1. The Hall–Kier alpha value is -4.28. The zero-order valence-corrected chi connectivity index (χ0v) is 24.3. The maximum absolute atomic E-state index is 13.3. The number of nitrogens with one attached hydrogen (secondary N) is 2. The highest BCUT2D eigenvalue weighted by molar-refractivity contribution is 7.89. The molecule has 0 radical (unpaired) electrons.